The molecule has 0 atom stereocenters. The van der Waals surface area contributed by atoms with Gasteiger partial charge in [0, 0.05) is 22.3 Å². The molecule has 7 heteroatoms. The van der Waals surface area contributed by atoms with Gasteiger partial charge in [-0.25, -0.2) is 8.78 Å². The van der Waals surface area contributed by atoms with Gasteiger partial charge >= 0.3 is 0 Å². The van der Waals surface area contributed by atoms with Crippen LogP contribution in [0.5, 0.6) is 0 Å². The van der Waals surface area contributed by atoms with Crippen molar-refractivity contribution in [3.05, 3.63) is 70.9 Å². The first-order chi connectivity index (χ1) is 11.0. The molecule has 3 rings (SSSR count). The van der Waals surface area contributed by atoms with E-state index in [4.69, 9.17) is 11.6 Å². The molecular weight excluding hydrogens is 324 g/mol. The van der Waals surface area contributed by atoms with E-state index in [9.17, 15) is 13.6 Å². The number of carbonyl (C=O) groups excluding carboxylic acids is 1. The molecule has 4 nitrogen and oxygen atoms in total. The number of rotatable bonds is 3. The van der Waals surface area contributed by atoms with Crippen LogP contribution in [0.4, 0.5) is 14.5 Å². The van der Waals surface area contributed by atoms with E-state index < -0.39 is 17.5 Å². The fourth-order valence-electron chi connectivity index (χ4n) is 1.98. The maximum absolute atomic E-state index is 13.1. The monoisotopic (exact) mass is 333 g/mol. The lowest BCUT2D eigenvalue weighted by Gasteiger charge is -2.03. The summed E-state index contributed by atoms with van der Waals surface area (Å²) in [4.78, 5) is 12.1. The van der Waals surface area contributed by atoms with Gasteiger partial charge in [0.05, 0.1) is 5.69 Å². The molecule has 0 aliphatic carbocycles. The first kappa shape index (κ1) is 15.2. The average molecular weight is 334 g/mol. The van der Waals surface area contributed by atoms with Gasteiger partial charge < -0.3 is 5.32 Å². The number of H-pyrrole nitrogens is 1. The van der Waals surface area contributed by atoms with E-state index in [-0.39, 0.29) is 11.4 Å². The maximum atomic E-state index is 13.1. The Morgan fingerprint density at radius 2 is 1.78 bits per heavy atom. The lowest BCUT2D eigenvalue weighted by molar-refractivity contribution is 0.102. The van der Waals surface area contributed by atoms with Crippen LogP contribution in [0.1, 0.15) is 10.5 Å². The number of nitrogens with one attached hydrogen (secondary N) is 2. The molecule has 1 aromatic heterocycles. The van der Waals surface area contributed by atoms with Crippen molar-refractivity contribution < 1.29 is 13.6 Å². The molecule has 0 radical (unpaired) electrons. The van der Waals surface area contributed by atoms with E-state index in [0.717, 1.165) is 17.7 Å². The van der Waals surface area contributed by atoms with Crippen molar-refractivity contribution in [2.75, 3.05) is 5.32 Å². The van der Waals surface area contributed by atoms with Gasteiger partial charge in [-0.1, -0.05) is 23.7 Å². The molecule has 0 spiro atoms. The Kier molecular flexibility index (Phi) is 4.08. The standard InChI is InChI=1S/C16H10ClF2N3O/c17-10-3-1-9(2-4-10)14-8-15(22-21-14)16(23)20-11-5-6-12(18)13(19)7-11/h1-8H,(H,20,23)(H,21,22). The predicted molar refractivity (Wildman–Crippen MR) is 83.3 cm³/mol. The molecule has 116 valence electrons. The average Bonchev–Trinajstić information content (AvgIpc) is 3.02. The summed E-state index contributed by atoms with van der Waals surface area (Å²) in [6.45, 7) is 0. The van der Waals surface area contributed by atoms with Crippen LogP contribution in [0.25, 0.3) is 11.3 Å². The fraction of sp³-hybridized carbons (Fsp3) is 0. The van der Waals surface area contributed by atoms with Crippen molar-refractivity contribution in [2.24, 2.45) is 0 Å². The number of benzene rings is 2. The van der Waals surface area contributed by atoms with Gasteiger partial charge in [0.1, 0.15) is 5.69 Å². The summed E-state index contributed by atoms with van der Waals surface area (Å²) in [6, 6.07) is 11.6. The number of anilines is 1. The summed E-state index contributed by atoms with van der Waals surface area (Å²) in [7, 11) is 0. The van der Waals surface area contributed by atoms with Gasteiger partial charge in [0.2, 0.25) is 0 Å². The van der Waals surface area contributed by atoms with Crippen LogP contribution >= 0.6 is 11.6 Å². The Bertz CT molecular complexity index is 862. The third-order valence-corrected chi connectivity index (χ3v) is 3.39. The number of nitrogens with zero attached hydrogens (tertiary/aromatic N) is 1. The molecular formula is C16H10ClF2N3O. The number of halogens is 3. The van der Waals surface area contributed by atoms with Crippen molar-refractivity contribution in [1.29, 1.82) is 0 Å². The van der Waals surface area contributed by atoms with E-state index >= 15 is 0 Å². The minimum atomic E-state index is -1.03. The number of aromatic amines is 1. The molecule has 0 fully saturated rings. The van der Waals surface area contributed by atoms with Gasteiger partial charge in [-0.05, 0) is 30.3 Å². The smallest absolute Gasteiger partial charge is 0.273 e. The van der Waals surface area contributed by atoms with E-state index in [2.05, 4.69) is 15.5 Å². The zero-order valence-corrected chi connectivity index (χ0v) is 12.4. The minimum absolute atomic E-state index is 0.150. The lowest BCUT2D eigenvalue weighted by atomic mass is 10.1. The molecule has 0 saturated carbocycles. The molecule has 0 aliphatic heterocycles. The van der Waals surface area contributed by atoms with Crippen molar-refractivity contribution >= 4 is 23.2 Å². The number of hydrogen-bond donors (Lipinski definition) is 2. The van der Waals surface area contributed by atoms with Crippen molar-refractivity contribution in [3.63, 3.8) is 0 Å². The zero-order chi connectivity index (χ0) is 16.4. The predicted octanol–water partition coefficient (Wildman–Crippen LogP) is 4.26. The summed E-state index contributed by atoms with van der Waals surface area (Å²) in [6.07, 6.45) is 0. The highest BCUT2D eigenvalue weighted by atomic mass is 35.5. The Morgan fingerprint density at radius 3 is 2.48 bits per heavy atom. The molecule has 1 heterocycles. The number of amides is 1. The van der Waals surface area contributed by atoms with Crippen molar-refractivity contribution in [1.82, 2.24) is 10.2 Å². The van der Waals surface area contributed by atoms with Gasteiger partial charge in [0.25, 0.3) is 5.91 Å². The molecule has 2 N–H and O–H groups in total. The molecule has 0 unspecified atom stereocenters. The van der Waals surface area contributed by atoms with Crippen molar-refractivity contribution in [3.8, 4) is 11.3 Å². The quantitative estimate of drug-likeness (QED) is 0.752. The number of hydrogen-bond acceptors (Lipinski definition) is 2. The van der Waals surface area contributed by atoms with Crippen LogP contribution in [0.15, 0.2) is 48.5 Å². The fourth-order valence-corrected chi connectivity index (χ4v) is 2.10. The Hall–Kier alpha value is -2.73. The lowest BCUT2D eigenvalue weighted by Crippen LogP contribution is -2.12. The highest BCUT2D eigenvalue weighted by Crippen LogP contribution is 2.21. The maximum Gasteiger partial charge on any atom is 0.273 e. The Balaban J connectivity index is 1.78. The molecule has 0 saturated heterocycles. The van der Waals surface area contributed by atoms with E-state index in [1.165, 1.54) is 6.07 Å². The summed E-state index contributed by atoms with van der Waals surface area (Å²) in [5, 5.41) is 9.71. The molecule has 1 amide bonds. The largest absolute Gasteiger partial charge is 0.321 e. The second-order valence-electron chi connectivity index (χ2n) is 4.76. The highest BCUT2D eigenvalue weighted by molar-refractivity contribution is 6.30. The van der Waals surface area contributed by atoms with E-state index in [1.807, 2.05) is 0 Å². The molecule has 2 aromatic carbocycles. The normalized spacial score (nSPS) is 10.6. The Labute approximate surface area is 135 Å². The molecule has 3 aromatic rings. The van der Waals surface area contributed by atoms with Gasteiger partial charge in [-0.3, -0.25) is 9.89 Å². The summed E-state index contributed by atoms with van der Waals surface area (Å²) in [5.74, 6) is -2.52. The first-order valence-electron chi connectivity index (χ1n) is 6.61. The second-order valence-corrected chi connectivity index (χ2v) is 5.19. The van der Waals surface area contributed by atoms with Crippen LogP contribution < -0.4 is 5.32 Å². The van der Waals surface area contributed by atoms with Crippen LogP contribution in [-0.2, 0) is 0 Å². The molecule has 0 bridgehead atoms. The highest BCUT2D eigenvalue weighted by Gasteiger charge is 2.12. The topological polar surface area (TPSA) is 57.8 Å². The minimum Gasteiger partial charge on any atom is -0.321 e. The molecule has 0 aliphatic rings. The van der Waals surface area contributed by atoms with Gasteiger partial charge in [0.15, 0.2) is 11.6 Å². The summed E-state index contributed by atoms with van der Waals surface area (Å²) >= 11 is 5.82. The Morgan fingerprint density at radius 1 is 1.04 bits per heavy atom. The van der Waals surface area contributed by atoms with Crippen LogP contribution in [0.2, 0.25) is 5.02 Å². The van der Waals surface area contributed by atoms with E-state index in [1.54, 1.807) is 30.3 Å². The number of aromatic nitrogens is 2. The third-order valence-electron chi connectivity index (χ3n) is 3.14. The second kappa shape index (κ2) is 6.18. The van der Waals surface area contributed by atoms with Crippen molar-refractivity contribution in [2.45, 2.75) is 0 Å². The van der Waals surface area contributed by atoms with Crippen LogP contribution in [0, 0.1) is 11.6 Å². The van der Waals surface area contributed by atoms with E-state index in [0.29, 0.717) is 10.7 Å². The zero-order valence-electron chi connectivity index (χ0n) is 11.6. The molecule has 23 heavy (non-hydrogen) atoms. The summed E-state index contributed by atoms with van der Waals surface area (Å²) in [5.41, 5.74) is 1.70. The van der Waals surface area contributed by atoms with Gasteiger partial charge in [-0.15, -0.1) is 0 Å². The number of carbonyl (C=O) groups is 1. The summed E-state index contributed by atoms with van der Waals surface area (Å²) < 4.78 is 26.0. The first-order valence-corrected chi connectivity index (χ1v) is 6.98. The SMILES string of the molecule is O=C(Nc1ccc(F)c(F)c1)c1cc(-c2ccc(Cl)cc2)n[nH]1. The van der Waals surface area contributed by atoms with Crippen LogP contribution in [0.3, 0.4) is 0 Å². The van der Waals surface area contributed by atoms with Crippen LogP contribution in [-0.4, -0.2) is 16.1 Å². The third kappa shape index (κ3) is 3.37. The van der Waals surface area contributed by atoms with Gasteiger partial charge in [-0.2, -0.15) is 5.10 Å².